The summed E-state index contributed by atoms with van der Waals surface area (Å²) in [6, 6.07) is 0. The van der Waals surface area contributed by atoms with Gasteiger partial charge in [-0.25, -0.2) is 9.97 Å². The van der Waals surface area contributed by atoms with Gasteiger partial charge in [0.2, 0.25) is 0 Å². The monoisotopic (exact) mass is 406 g/mol. The Labute approximate surface area is 172 Å². The van der Waals surface area contributed by atoms with E-state index in [1.54, 1.807) is 22.7 Å². The van der Waals surface area contributed by atoms with Crippen molar-refractivity contribution in [2.45, 2.75) is 73.1 Å². The van der Waals surface area contributed by atoms with Gasteiger partial charge in [0.15, 0.2) is 0 Å². The Kier molecular flexibility index (Phi) is 8.48. The Balaban J connectivity index is 0.000000202. The van der Waals surface area contributed by atoms with Crippen LogP contribution in [0, 0.1) is 5.41 Å². The summed E-state index contributed by atoms with van der Waals surface area (Å²) in [6.07, 6.45) is 3.92. The van der Waals surface area contributed by atoms with E-state index < -0.39 is 0 Å². The number of hydrogen-bond acceptors (Lipinski definition) is 6. The molecule has 0 saturated carbocycles. The number of nitrogens with zero attached hydrogens (tertiary/aromatic N) is 4. The second kappa shape index (κ2) is 9.69. The minimum Gasteiger partial charge on any atom is -0.249 e. The van der Waals surface area contributed by atoms with E-state index in [2.05, 4.69) is 94.0 Å². The zero-order valence-electron chi connectivity index (χ0n) is 18.2. The third kappa shape index (κ3) is 8.89. The first-order chi connectivity index (χ1) is 12.3. The molecular formula is C21H34N4S2. The Hall–Kier alpha value is -1.40. The lowest BCUT2D eigenvalue weighted by Crippen LogP contribution is -2.10. The molecule has 1 aliphatic rings. The fraction of sp³-hybridized carbons (Fsp3) is 0.619. The van der Waals surface area contributed by atoms with Gasteiger partial charge in [-0.2, -0.15) is 10.2 Å². The highest BCUT2D eigenvalue weighted by molar-refractivity contribution is 7.09. The summed E-state index contributed by atoms with van der Waals surface area (Å²) < 4.78 is 0. The first kappa shape index (κ1) is 23.6. The predicted molar refractivity (Wildman–Crippen MR) is 119 cm³/mol. The van der Waals surface area contributed by atoms with Crippen molar-refractivity contribution in [2.75, 3.05) is 6.54 Å². The molecule has 0 unspecified atom stereocenters. The first-order valence-electron chi connectivity index (χ1n) is 9.18. The molecule has 6 heteroatoms. The minimum absolute atomic E-state index is 0.181. The summed E-state index contributed by atoms with van der Waals surface area (Å²) in [5.74, 6) is 0. The lowest BCUT2D eigenvalue weighted by molar-refractivity contribution is 0.497. The van der Waals surface area contributed by atoms with Crippen LogP contribution in [0.15, 0.2) is 44.5 Å². The molecule has 0 fully saturated rings. The van der Waals surface area contributed by atoms with Crippen LogP contribution < -0.4 is 0 Å². The fourth-order valence-corrected chi connectivity index (χ4v) is 3.42. The molecule has 0 aliphatic carbocycles. The van der Waals surface area contributed by atoms with Gasteiger partial charge in [-0.05, 0) is 6.08 Å². The van der Waals surface area contributed by atoms with Gasteiger partial charge in [0.1, 0.15) is 0 Å². The summed E-state index contributed by atoms with van der Waals surface area (Å²) in [6.45, 7) is 20.2. The number of allylic oxidation sites excluding steroid dienone is 1. The van der Waals surface area contributed by atoms with Crippen molar-refractivity contribution in [1.29, 1.82) is 0 Å². The van der Waals surface area contributed by atoms with E-state index >= 15 is 0 Å². The highest BCUT2D eigenvalue weighted by Gasteiger charge is 2.18. The molecule has 4 nitrogen and oxygen atoms in total. The van der Waals surface area contributed by atoms with Crippen LogP contribution in [-0.2, 0) is 10.8 Å². The van der Waals surface area contributed by atoms with Gasteiger partial charge in [-0.3, -0.25) is 0 Å². The molecule has 0 atom stereocenters. The molecule has 150 valence electrons. The van der Waals surface area contributed by atoms with Crippen LogP contribution >= 0.6 is 22.7 Å². The molecule has 0 amide bonds. The van der Waals surface area contributed by atoms with Crippen molar-refractivity contribution in [3.8, 4) is 0 Å². The lowest BCUT2D eigenvalue weighted by atomic mass is 9.92. The van der Waals surface area contributed by atoms with Gasteiger partial charge in [0, 0.05) is 33.2 Å². The van der Waals surface area contributed by atoms with Crippen molar-refractivity contribution in [2.24, 2.45) is 15.6 Å². The molecule has 0 bridgehead atoms. The second-order valence-corrected chi connectivity index (χ2v) is 11.1. The van der Waals surface area contributed by atoms with E-state index in [4.69, 9.17) is 0 Å². The third-order valence-electron chi connectivity index (χ3n) is 3.59. The maximum absolute atomic E-state index is 4.21. The molecule has 1 aliphatic heterocycles. The number of aromatic nitrogens is 2. The Morgan fingerprint density at radius 3 is 1.74 bits per heavy atom. The molecule has 0 saturated heterocycles. The molecule has 3 heterocycles. The Morgan fingerprint density at radius 2 is 1.52 bits per heavy atom. The van der Waals surface area contributed by atoms with Crippen molar-refractivity contribution < 1.29 is 0 Å². The summed E-state index contributed by atoms with van der Waals surface area (Å²) in [5.41, 5.74) is 4.81. The zero-order chi connectivity index (χ0) is 20.7. The fourth-order valence-electron chi connectivity index (χ4n) is 1.92. The van der Waals surface area contributed by atoms with Crippen molar-refractivity contribution in [3.63, 3.8) is 0 Å². The van der Waals surface area contributed by atoms with E-state index in [1.165, 1.54) is 10.7 Å². The zero-order valence-corrected chi connectivity index (χ0v) is 19.8. The molecule has 0 N–H and O–H groups in total. The SMILES string of the molecule is CC(C)(C)C1=CCN=N1.CC(C)(C)c1cscn1.CC(C)(C)c1nccs1. The van der Waals surface area contributed by atoms with Gasteiger partial charge >= 0.3 is 0 Å². The molecule has 27 heavy (non-hydrogen) atoms. The smallest absolute Gasteiger partial charge is 0.0978 e. The average Bonchev–Trinajstić information content (AvgIpc) is 3.28. The van der Waals surface area contributed by atoms with Crippen LogP contribution in [-0.4, -0.2) is 16.5 Å². The van der Waals surface area contributed by atoms with Crippen molar-refractivity contribution in [1.82, 2.24) is 9.97 Å². The Morgan fingerprint density at radius 1 is 0.852 bits per heavy atom. The van der Waals surface area contributed by atoms with E-state index in [0.29, 0.717) is 0 Å². The first-order valence-corrected chi connectivity index (χ1v) is 11.0. The molecule has 2 aromatic rings. The van der Waals surface area contributed by atoms with Gasteiger partial charge < -0.3 is 0 Å². The highest BCUT2D eigenvalue weighted by Crippen LogP contribution is 2.28. The lowest BCUT2D eigenvalue weighted by Gasteiger charge is -2.15. The quantitative estimate of drug-likeness (QED) is 0.462. The summed E-state index contributed by atoms with van der Waals surface area (Å²) in [5, 5.41) is 13.2. The van der Waals surface area contributed by atoms with Crippen LogP contribution in [0.3, 0.4) is 0 Å². The second-order valence-electron chi connectivity index (χ2n) is 9.47. The summed E-state index contributed by atoms with van der Waals surface area (Å²) in [7, 11) is 0. The van der Waals surface area contributed by atoms with E-state index in [0.717, 1.165) is 12.2 Å². The average molecular weight is 407 g/mol. The molecule has 0 spiro atoms. The van der Waals surface area contributed by atoms with Crippen LogP contribution in [0.1, 0.15) is 73.0 Å². The van der Waals surface area contributed by atoms with Gasteiger partial charge in [-0.1, -0.05) is 62.3 Å². The highest BCUT2D eigenvalue weighted by atomic mass is 32.1. The van der Waals surface area contributed by atoms with E-state index in [9.17, 15) is 0 Å². The van der Waals surface area contributed by atoms with Crippen LogP contribution in [0.4, 0.5) is 0 Å². The van der Waals surface area contributed by atoms with E-state index in [-0.39, 0.29) is 16.2 Å². The predicted octanol–water partition coefficient (Wildman–Crippen LogP) is 7.26. The Bertz CT molecular complexity index is 664. The molecule has 3 rings (SSSR count). The molecular weight excluding hydrogens is 372 g/mol. The normalized spacial score (nSPS) is 14.0. The topological polar surface area (TPSA) is 50.5 Å². The minimum atomic E-state index is 0.181. The van der Waals surface area contributed by atoms with Gasteiger partial charge in [0.05, 0.1) is 28.5 Å². The molecule has 0 radical (unpaired) electrons. The standard InChI is InChI=1S/C7H12N2.2C7H11NS/c1-7(2,3)6-4-5-8-9-6;1-7(2,3)6-4-9-5-8-6;1-7(2,3)6-8-4-5-9-6/h4H,5H2,1-3H3;2*4-5H,1-3H3. The maximum atomic E-state index is 4.21. The largest absolute Gasteiger partial charge is 0.249 e. The van der Waals surface area contributed by atoms with Gasteiger partial charge in [-0.15, -0.1) is 22.7 Å². The molecule has 2 aromatic heterocycles. The summed E-state index contributed by atoms with van der Waals surface area (Å²) >= 11 is 3.37. The van der Waals surface area contributed by atoms with Crippen LogP contribution in [0.2, 0.25) is 0 Å². The number of rotatable bonds is 0. The van der Waals surface area contributed by atoms with Crippen LogP contribution in [0.25, 0.3) is 0 Å². The summed E-state index contributed by atoms with van der Waals surface area (Å²) in [4.78, 5) is 8.41. The number of azo groups is 1. The van der Waals surface area contributed by atoms with E-state index in [1.807, 2.05) is 17.1 Å². The number of thiazole rings is 2. The number of hydrogen-bond donors (Lipinski definition) is 0. The van der Waals surface area contributed by atoms with Crippen LogP contribution in [0.5, 0.6) is 0 Å². The maximum Gasteiger partial charge on any atom is 0.0978 e. The third-order valence-corrected chi connectivity index (χ3v) is 5.37. The molecule has 0 aromatic carbocycles. The van der Waals surface area contributed by atoms with Gasteiger partial charge in [0.25, 0.3) is 0 Å². The van der Waals surface area contributed by atoms with Crippen molar-refractivity contribution in [3.05, 3.63) is 44.9 Å². The van der Waals surface area contributed by atoms with Crippen molar-refractivity contribution >= 4 is 22.7 Å².